The van der Waals surface area contributed by atoms with Crippen molar-refractivity contribution in [2.45, 2.75) is 77.9 Å². The largest absolute Gasteiger partial charge is 0.479 e. The predicted molar refractivity (Wildman–Crippen MR) is 327 cm³/mol. The summed E-state index contributed by atoms with van der Waals surface area (Å²) in [5.41, 5.74) is 8.99. The van der Waals surface area contributed by atoms with Gasteiger partial charge in [-0.25, -0.2) is 9.59 Å². The topological polar surface area (TPSA) is 306 Å². The molecule has 22 nitrogen and oxygen atoms in total. The summed E-state index contributed by atoms with van der Waals surface area (Å²) in [7, 11) is 0. The molecule has 0 saturated heterocycles. The molecule has 0 fully saturated rings. The van der Waals surface area contributed by atoms with E-state index in [0.717, 1.165) is 45.9 Å². The number of aliphatic hydroxyl groups excluding tert-OH is 2. The van der Waals surface area contributed by atoms with Crippen molar-refractivity contribution in [3.63, 3.8) is 0 Å². The number of aromatic nitrogens is 6. The molecule has 87 heavy (non-hydrogen) atoms. The number of aliphatic carboxylic acids is 1. The number of hydrogen-bond acceptors (Lipinski definition) is 17. The van der Waals surface area contributed by atoms with E-state index >= 15 is 0 Å². The van der Waals surface area contributed by atoms with Crippen molar-refractivity contribution in [1.82, 2.24) is 40.9 Å². The smallest absolute Gasteiger partial charge is 0.337 e. The molecule has 9 rings (SSSR count). The average molecular weight is 1290 g/mol. The van der Waals surface area contributed by atoms with Crippen LogP contribution >= 0.6 is 39.1 Å². The van der Waals surface area contributed by atoms with E-state index in [9.17, 15) is 49.3 Å². The maximum atomic E-state index is 13.3. The minimum Gasteiger partial charge on any atom is -0.479 e. The summed E-state index contributed by atoms with van der Waals surface area (Å²) in [6.07, 6.45) is -2.99. The number of nitrogens with one attached hydrogen (secondary N) is 2. The normalized spacial score (nSPS) is 12.0. The molecule has 0 saturated carbocycles. The zero-order chi connectivity index (χ0) is 61.7. The SMILES string of the molecule is C.CC(=O)OCBr.CC(=O)OCOC(=O)[C@H](O)C[C@@H](Cc1ccc(-c2cccc(Cl)c2)cc1)NC(=O)c1ccc2nnn(O)c2c1.O=C(N[C@H](Cc1ccc(-c2cccc(Cl)c2)cc1)C[C@@H](O)C(=O)O)c1ccc2nnn(OCc3ccccc3)c2c1. The first-order valence-corrected chi connectivity index (χ1v) is 28.2. The Kier molecular flexibility index (Phi) is 25.3. The fourth-order valence-corrected chi connectivity index (χ4v) is 9.17. The first kappa shape index (κ1) is 66.9. The molecule has 2 aromatic heterocycles. The summed E-state index contributed by atoms with van der Waals surface area (Å²) >= 11 is 15.1. The monoisotopic (exact) mass is 1290 g/mol. The molecule has 0 radical (unpaired) electrons. The van der Waals surface area contributed by atoms with Crippen LogP contribution in [-0.2, 0) is 52.8 Å². The van der Waals surface area contributed by atoms with E-state index in [1.54, 1.807) is 30.3 Å². The lowest BCUT2D eigenvalue weighted by Gasteiger charge is -2.21. The molecule has 0 bridgehead atoms. The van der Waals surface area contributed by atoms with Crippen LogP contribution in [0.1, 0.15) is 71.5 Å². The molecule has 0 aliphatic rings. The fourth-order valence-electron chi connectivity index (χ4n) is 8.47. The average Bonchev–Trinajstić information content (AvgIpc) is 3.10. The van der Waals surface area contributed by atoms with Gasteiger partial charge in [-0.2, -0.15) is 0 Å². The Hall–Kier alpha value is -9.26. The molecule has 2 amide bonds. The highest BCUT2D eigenvalue weighted by atomic mass is 79.9. The molecule has 0 aliphatic carbocycles. The van der Waals surface area contributed by atoms with Gasteiger partial charge in [-0.1, -0.05) is 143 Å². The van der Waals surface area contributed by atoms with E-state index in [1.807, 2.05) is 115 Å². The third kappa shape index (κ3) is 20.5. The Morgan fingerprint density at radius 3 is 1.54 bits per heavy atom. The molecule has 2 heterocycles. The van der Waals surface area contributed by atoms with Gasteiger partial charge in [0.2, 0.25) is 6.79 Å². The summed E-state index contributed by atoms with van der Waals surface area (Å²) < 4.78 is 13.7. The zero-order valence-corrected chi connectivity index (χ0v) is 49.1. The number of carboxylic acids is 1. The van der Waals surface area contributed by atoms with Crippen molar-refractivity contribution in [3.05, 3.63) is 202 Å². The van der Waals surface area contributed by atoms with Crippen molar-refractivity contribution in [3.8, 4) is 22.3 Å². The highest BCUT2D eigenvalue weighted by molar-refractivity contribution is 9.09. The number of fused-ring (bicyclic) bond motifs is 2. The third-order valence-electron chi connectivity index (χ3n) is 12.7. The summed E-state index contributed by atoms with van der Waals surface area (Å²) in [4.78, 5) is 78.3. The van der Waals surface area contributed by atoms with Crippen LogP contribution in [0.2, 0.25) is 10.0 Å². The minimum absolute atomic E-state index is 0. The second kappa shape index (κ2) is 32.9. The lowest BCUT2D eigenvalue weighted by Crippen LogP contribution is -2.41. The van der Waals surface area contributed by atoms with Gasteiger partial charge in [0.1, 0.15) is 34.2 Å². The third-order valence-corrected chi connectivity index (χ3v) is 13.4. The zero-order valence-electron chi connectivity index (χ0n) is 46.0. The number of nitrogens with zero attached hydrogens (tertiary/aromatic N) is 6. The van der Waals surface area contributed by atoms with E-state index in [1.165, 1.54) is 30.0 Å². The number of carbonyl (C=O) groups is 6. The number of alkyl halides is 1. The first-order chi connectivity index (χ1) is 41.3. The fraction of sp³-hybridized carbons (Fsp3) is 0.226. The van der Waals surface area contributed by atoms with Gasteiger partial charge in [0.25, 0.3) is 11.8 Å². The Bertz CT molecular complexity index is 3780. The number of amides is 2. The van der Waals surface area contributed by atoms with Crippen molar-refractivity contribution in [1.29, 1.82) is 0 Å². The second-order valence-corrected chi connectivity index (χ2v) is 20.4. The van der Waals surface area contributed by atoms with Gasteiger partial charge in [0, 0.05) is 59.9 Å². The Morgan fingerprint density at radius 2 is 1.06 bits per heavy atom. The number of benzene rings is 7. The predicted octanol–water partition coefficient (Wildman–Crippen LogP) is 9.24. The Balaban J connectivity index is 0.000000252. The van der Waals surface area contributed by atoms with Gasteiger partial charge < -0.3 is 50.2 Å². The minimum atomic E-state index is -1.63. The number of rotatable bonds is 22. The van der Waals surface area contributed by atoms with E-state index in [4.69, 9.17) is 32.8 Å². The van der Waals surface area contributed by atoms with Crippen molar-refractivity contribution in [2.24, 2.45) is 0 Å². The summed E-state index contributed by atoms with van der Waals surface area (Å²) in [6, 6.07) is 47.8. The van der Waals surface area contributed by atoms with Gasteiger partial charge in [0.05, 0.1) is 0 Å². The molecular weight excluding hydrogens is 1230 g/mol. The molecule has 9 aromatic rings. The second-order valence-electron chi connectivity index (χ2n) is 19.1. The standard InChI is InChI=1S/C31H27ClN4O5.C27H25ClN4O7.C3H5BrO2.CH4/c32-25-8-4-7-23(16-25)22-11-9-20(10-12-22)15-26(18-29(37)31(39)40)33-30(38)24-13-14-27-28(17-24)36(35-34-27)41-19-21-5-2-1-3-6-21;1-16(33)38-15-39-27(36)25(34)14-22(29-26(35)20-9-10-23-24(13-20)32(37)31-30-23)11-17-5-7-18(8-6-17)19-3-2-4-21(28)12-19;1-3(5)6-2-4;/h1-14,16-17,26,29,37H,15,18-19H2,(H,33,38)(H,39,40);2-10,12-13,22,25,34,37H,11,14-15H2,1H3,(H,29,35);2H2,1H3;1H4/t26-,29-;22-,25-;;/m11../s1. The highest BCUT2D eigenvalue weighted by Crippen LogP contribution is 2.26. The number of esters is 3. The van der Waals surface area contributed by atoms with Crippen LogP contribution in [0, 0.1) is 0 Å². The van der Waals surface area contributed by atoms with Gasteiger partial charge in [0.15, 0.2) is 12.2 Å². The summed E-state index contributed by atoms with van der Waals surface area (Å²) in [6.45, 7) is 2.16. The van der Waals surface area contributed by atoms with Crippen LogP contribution in [0.3, 0.4) is 0 Å². The number of halogens is 3. The highest BCUT2D eigenvalue weighted by Gasteiger charge is 2.26. The number of hydrogen-bond donors (Lipinski definition) is 6. The van der Waals surface area contributed by atoms with E-state index in [0.29, 0.717) is 48.9 Å². The van der Waals surface area contributed by atoms with Crippen LogP contribution in [0.5, 0.6) is 0 Å². The van der Waals surface area contributed by atoms with Gasteiger partial charge >= 0.3 is 23.9 Å². The van der Waals surface area contributed by atoms with Gasteiger partial charge in [-0.05, 0) is 139 Å². The van der Waals surface area contributed by atoms with Crippen LogP contribution in [0.15, 0.2) is 164 Å². The number of carbonyl (C=O) groups excluding carboxylic acids is 5. The molecule has 25 heteroatoms. The van der Waals surface area contributed by atoms with Crippen LogP contribution < -0.4 is 15.5 Å². The summed E-state index contributed by atoms with van der Waals surface area (Å²) in [5.74, 6) is -4.18. The van der Waals surface area contributed by atoms with Crippen LogP contribution in [-0.4, -0.2) is 123 Å². The van der Waals surface area contributed by atoms with E-state index in [2.05, 4.69) is 56.7 Å². The Labute approximate surface area is 517 Å². The van der Waals surface area contributed by atoms with Crippen LogP contribution in [0.25, 0.3) is 44.3 Å². The van der Waals surface area contributed by atoms with Crippen molar-refractivity contribution in [2.75, 3.05) is 12.3 Å². The van der Waals surface area contributed by atoms with Gasteiger partial charge in [-0.15, -0.1) is 10.2 Å². The number of aliphatic hydroxyl groups is 2. The lowest BCUT2D eigenvalue weighted by atomic mass is 9.97. The molecule has 0 spiro atoms. The number of ether oxygens (including phenoxy) is 3. The molecule has 7 aromatic carbocycles. The van der Waals surface area contributed by atoms with E-state index < -0.39 is 60.8 Å². The molecule has 0 unspecified atom stereocenters. The van der Waals surface area contributed by atoms with Gasteiger partial charge in [-0.3, -0.25) is 19.2 Å². The lowest BCUT2D eigenvalue weighted by molar-refractivity contribution is -0.172. The molecule has 0 aliphatic heterocycles. The molecule has 454 valence electrons. The Morgan fingerprint density at radius 1 is 0.563 bits per heavy atom. The van der Waals surface area contributed by atoms with E-state index in [-0.39, 0.29) is 50.3 Å². The maximum absolute atomic E-state index is 13.3. The quantitative estimate of drug-likeness (QED) is 0.0159. The van der Waals surface area contributed by atoms with Crippen molar-refractivity contribution >= 4 is 96.9 Å². The number of carboxylic acid groups (broad SMARTS) is 1. The molecule has 4 atom stereocenters. The van der Waals surface area contributed by atoms with Crippen molar-refractivity contribution < 1.29 is 68.3 Å². The van der Waals surface area contributed by atoms with Crippen LogP contribution in [0.4, 0.5) is 0 Å². The maximum Gasteiger partial charge on any atom is 0.337 e. The molecule has 6 N–H and O–H groups in total. The molecular formula is C62H61BrCl2N8O14. The summed E-state index contributed by atoms with van der Waals surface area (Å²) in [5, 5.41) is 62.0. The first-order valence-electron chi connectivity index (χ1n) is 26.3.